The zero-order chi connectivity index (χ0) is 6.69. The number of ether oxygens (including phenoxy) is 1. The Hall–Kier alpha value is -0.570. The number of carbonyl (C=O) groups excluding carboxylic acids is 1. The van der Waals surface area contributed by atoms with Crippen LogP contribution in [-0.2, 0) is 9.53 Å². The molecule has 0 aromatic rings. The summed E-state index contributed by atoms with van der Waals surface area (Å²) in [5.74, 6) is 0. The Morgan fingerprint density at radius 1 is 1.78 bits per heavy atom. The van der Waals surface area contributed by atoms with Gasteiger partial charge in [-0.25, -0.2) is 0 Å². The first kappa shape index (κ1) is 6.55. The molecule has 9 heavy (non-hydrogen) atoms. The molecule has 0 aromatic carbocycles. The van der Waals surface area contributed by atoms with E-state index in [9.17, 15) is 4.79 Å². The fourth-order valence-electron chi connectivity index (χ4n) is 0.897. The van der Waals surface area contributed by atoms with Gasteiger partial charge in [-0.15, -0.1) is 0 Å². The van der Waals surface area contributed by atoms with Crippen LogP contribution in [0.2, 0.25) is 0 Å². The zero-order valence-electron chi connectivity index (χ0n) is 5.54. The Morgan fingerprint density at radius 3 is 2.89 bits per heavy atom. The standard InChI is InChI=1S/C6H11NO2/c1-2-9-6-3-7(4-6)5-8/h5-6H,2-4H2,1H3. The minimum Gasteiger partial charge on any atom is -0.375 e. The van der Waals surface area contributed by atoms with Crippen molar-refractivity contribution in [3.63, 3.8) is 0 Å². The van der Waals surface area contributed by atoms with Gasteiger partial charge >= 0.3 is 0 Å². The molecule has 1 saturated heterocycles. The fourth-order valence-corrected chi connectivity index (χ4v) is 0.897. The van der Waals surface area contributed by atoms with Crippen LogP contribution in [0, 0.1) is 0 Å². The molecule has 0 unspecified atom stereocenters. The number of rotatable bonds is 3. The molecule has 0 aliphatic carbocycles. The minimum atomic E-state index is 0.306. The van der Waals surface area contributed by atoms with E-state index in [4.69, 9.17) is 4.74 Å². The van der Waals surface area contributed by atoms with Crippen LogP contribution >= 0.6 is 0 Å². The Bertz CT molecular complexity index is 99.2. The van der Waals surface area contributed by atoms with Gasteiger partial charge in [-0.3, -0.25) is 4.79 Å². The van der Waals surface area contributed by atoms with Crippen LogP contribution in [0.25, 0.3) is 0 Å². The summed E-state index contributed by atoms with van der Waals surface area (Å²) in [7, 11) is 0. The van der Waals surface area contributed by atoms with E-state index in [0.717, 1.165) is 26.1 Å². The second-order valence-electron chi connectivity index (χ2n) is 2.14. The molecular formula is C6H11NO2. The number of amides is 1. The fraction of sp³-hybridized carbons (Fsp3) is 0.833. The first-order chi connectivity index (χ1) is 4.36. The van der Waals surface area contributed by atoms with E-state index in [1.807, 2.05) is 6.92 Å². The molecule has 0 radical (unpaired) electrons. The molecule has 1 rings (SSSR count). The molecule has 1 aliphatic heterocycles. The molecule has 1 aliphatic rings. The zero-order valence-corrected chi connectivity index (χ0v) is 5.54. The summed E-state index contributed by atoms with van der Waals surface area (Å²) in [6.45, 7) is 4.26. The largest absolute Gasteiger partial charge is 0.375 e. The van der Waals surface area contributed by atoms with Crippen LogP contribution in [0.4, 0.5) is 0 Å². The number of nitrogens with zero attached hydrogens (tertiary/aromatic N) is 1. The van der Waals surface area contributed by atoms with Crippen LogP contribution in [0.1, 0.15) is 6.92 Å². The summed E-state index contributed by atoms with van der Waals surface area (Å²) in [6, 6.07) is 0. The van der Waals surface area contributed by atoms with Gasteiger partial charge in [0.2, 0.25) is 6.41 Å². The summed E-state index contributed by atoms with van der Waals surface area (Å²) >= 11 is 0. The molecule has 1 amide bonds. The van der Waals surface area contributed by atoms with E-state index in [-0.39, 0.29) is 0 Å². The normalized spacial score (nSPS) is 19.4. The van der Waals surface area contributed by atoms with E-state index >= 15 is 0 Å². The molecule has 1 heterocycles. The minimum absolute atomic E-state index is 0.306. The Morgan fingerprint density at radius 2 is 2.44 bits per heavy atom. The predicted molar refractivity (Wildman–Crippen MR) is 33.1 cm³/mol. The lowest BCUT2D eigenvalue weighted by Gasteiger charge is -2.35. The van der Waals surface area contributed by atoms with Crippen molar-refractivity contribution in [1.29, 1.82) is 0 Å². The summed E-state index contributed by atoms with van der Waals surface area (Å²) < 4.78 is 5.21. The van der Waals surface area contributed by atoms with Crippen LogP contribution in [-0.4, -0.2) is 37.1 Å². The van der Waals surface area contributed by atoms with Crippen molar-refractivity contribution in [1.82, 2.24) is 4.90 Å². The third kappa shape index (κ3) is 1.42. The molecule has 0 spiro atoms. The van der Waals surface area contributed by atoms with Crippen molar-refractivity contribution in [3.8, 4) is 0 Å². The number of hydrogen-bond acceptors (Lipinski definition) is 2. The van der Waals surface area contributed by atoms with Crippen molar-refractivity contribution in [2.24, 2.45) is 0 Å². The molecule has 0 bridgehead atoms. The van der Waals surface area contributed by atoms with Gasteiger partial charge in [0.15, 0.2) is 0 Å². The molecule has 0 N–H and O–H groups in total. The predicted octanol–water partition coefficient (Wildman–Crippen LogP) is -0.137. The lowest BCUT2D eigenvalue weighted by Crippen LogP contribution is -2.51. The molecular weight excluding hydrogens is 118 g/mol. The summed E-state index contributed by atoms with van der Waals surface area (Å²) in [4.78, 5) is 11.7. The number of carbonyl (C=O) groups is 1. The van der Waals surface area contributed by atoms with Crippen molar-refractivity contribution in [3.05, 3.63) is 0 Å². The second-order valence-corrected chi connectivity index (χ2v) is 2.14. The summed E-state index contributed by atoms with van der Waals surface area (Å²) in [5.41, 5.74) is 0. The third-order valence-electron chi connectivity index (χ3n) is 1.43. The topological polar surface area (TPSA) is 29.5 Å². The highest BCUT2D eigenvalue weighted by molar-refractivity contribution is 5.48. The molecule has 52 valence electrons. The Kier molecular flexibility index (Phi) is 2.05. The summed E-state index contributed by atoms with van der Waals surface area (Å²) in [5, 5.41) is 0. The molecule has 0 aromatic heterocycles. The molecule has 0 saturated carbocycles. The van der Waals surface area contributed by atoms with Crippen LogP contribution in [0.3, 0.4) is 0 Å². The maximum absolute atomic E-state index is 10.0. The van der Waals surface area contributed by atoms with Crippen molar-refractivity contribution < 1.29 is 9.53 Å². The van der Waals surface area contributed by atoms with Gasteiger partial charge in [-0.05, 0) is 6.92 Å². The average Bonchev–Trinajstić information content (AvgIpc) is 1.77. The van der Waals surface area contributed by atoms with Gasteiger partial charge in [-0.1, -0.05) is 0 Å². The van der Waals surface area contributed by atoms with E-state index < -0.39 is 0 Å². The van der Waals surface area contributed by atoms with Gasteiger partial charge in [0.25, 0.3) is 0 Å². The lowest BCUT2D eigenvalue weighted by atomic mass is 10.2. The van der Waals surface area contributed by atoms with Gasteiger partial charge in [-0.2, -0.15) is 0 Å². The van der Waals surface area contributed by atoms with E-state index in [1.165, 1.54) is 0 Å². The van der Waals surface area contributed by atoms with E-state index in [1.54, 1.807) is 4.90 Å². The average molecular weight is 129 g/mol. The first-order valence-electron chi connectivity index (χ1n) is 3.17. The molecule has 3 nitrogen and oxygen atoms in total. The maximum atomic E-state index is 10.0. The lowest BCUT2D eigenvalue weighted by molar-refractivity contribution is -0.130. The van der Waals surface area contributed by atoms with Gasteiger partial charge in [0.05, 0.1) is 6.10 Å². The smallest absolute Gasteiger partial charge is 0.209 e. The van der Waals surface area contributed by atoms with Gasteiger partial charge in [0.1, 0.15) is 0 Å². The second kappa shape index (κ2) is 2.82. The molecule has 0 atom stereocenters. The molecule has 3 heteroatoms. The van der Waals surface area contributed by atoms with Crippen LogP contribution in [0.15, 0.2) is 0 Å². The monoisotopic (exact) mass is 129 g/mol. The van der Waals surface area contributed by atoms with Crippen molar-refractivity contribution >= 4 is 6.41 Å². The van der Waals surface area contributed by atoms with Gasteiger partial charge in [0, 0.05) is 19.7 Å². The van der Waals surface area contributed by atoms with Crippen LogP contribution < -0.4 is 0 Å². The SMILES string of the molecule is CCOC1CN(C=O)C1. The highest BCUT2D eigenvalue weighted by atomic mass is 16.5. The number of likely N-dealkylation sites (tertiary alicyclic amines) is 1. The first-order valence-corrected chi connectivity index (χ1v) is 3.17. The Balaban J connectivity index is 2.04. The van der Waals surface area contributed by atoms with E-state index in [2.05, 4.69) is 0 Å². The number of hydrogen-bond donors (Lipinski definition) is 0. The van der Waals surface area contributed by atoms with Crippen LogP contribution in [0.5, 0.6) is 0 Å². The summed E-state index contributed by atoms with van der Waals surface area (Å²) in [6.07, 6.45) is 1.16. The quantitative estimate of drug-likeness (QED) is 0.496. The van der Waals surface area contributed by atoms with Gasteiger partial charge < -0.3 is 9.64 Å². The van der Waals surface area contributed by atoms with Crippen molar-refractivity contribution in [2.45, 2.75) is 13.0 Å². The van der Waals surface area contributed by atoms with E-state index in [0.29, 0.717) is 6.10 Å². The highest BCUT2D eigenvalue weighted by Crippen LogP contribution is 2.07. The van der Waals surface area contributed by atoms with Crippen molar-refractivity contribution in [2.75, 3.05) is 19.7 Å². The third-order valence-corrected chi connectivity index (χ3v) is 1.43. The Labute approximate surface area is 54.6 Å². The maximum Gasteiger partial charge on any atom is 0.209 e. The molecule has 1 fully saturated rings. The highest BCUT2D eigenvalue weighted by Gasteiger charge is 2.24.